The molecule has 1 N–H and O–H groups in total. The summed E-state index contributed by atoms with van der Waals surface area (Å²) < 4.78 is 43.5. The van der Waals surface area contributed by atoms with Gasteiger partial charge in [0.1, 0.15) is 0 Å². The second kappa shape index (κ2) is 5.52. The predicted molar refractivity (Wildman–Crippen MR) is 70.0 cm³/mol. The standard InChI is InChI=1S/C15H14F3NO4/c16-15(17,18)7-2-1-3-8(6-7)19-13(20)11-9-4-5-10(23-9)12(11)14(21)22/h1-3,6,9-12H,4-5H2,(H,19,20)(H,21,22)/p-1/t9-,10+,11-,12-/m0/s1. The van der Waals surface area contributed by atoms with E-state index in [2.05, 4.69) is 5.32 Å². The first-order valence-corrected chi connectivity index (χ1v) is 7.12. The summed E-state index contributed by atoms with van der Waals surface area (Å²) in [5, 5.41) is 13.6. The Kier molecular flexibility index (Phi) is 3.79. The van der Waals surface area contributed by atoms with Gasteiger partial charge in [0, 0.05) is 17.6 Å². The fourth-order valence-electron chi connectivity index (χ4n) is 3.31. The summed E-state index contributed by atoms with van der Waals surface area (Å²) >= 11 is 0. The summed E-state index contributed by atoms with van der Waals surface area (Å²) in [5.74, 6) is -4.06. The van der Waals surface area contributed by atoms with Crippen LogP contribution in [0.2, 0.25) is 0 Å². The van der Waals surface area contributed by atoms with Gasteiger partial charge in [-0.3, -0.25) is 4.79 Å². The lowest BCUT2D eigenvalue weighted by Crippen LogP contribution is -2.46. The van der Waals surface area contributed by atoms with Crippen LogP contribution in [0.1, 0.15) is 18.4 Å². The zero-order valence-electron chi connectivity index (χ0n) is 11.8. The summed E-state index contributed by atoms with van der Waals surface area (Å²) in [7, 11) is 0. The van der Waals surface area contributed by atoms with Crippen molar-refractivity contribution in [1.29, 1.82) is 0 Å². The monoisotopic (exact) mass is 328 g/mol. The second-order valence-electron chi connectivity index (χ2n) is 5.73. The normalized spacial score (nSPS) is 29.5. The van der Waals surface area contributed by atoms with Crippen LogP contribution in [0.5, 0.6) is 0 Å². The average Bonchev–Trinajstić information content (AvgIpc) is 3.07. The van der Waals surface area contributed by atoms with Gasteiger partial charge in [0.2, 0.25) is 5.91 Å². The molecule has 2 heterocycles. The summed E-state index contributed by atoms with van der Waals surface area (Å²) in [6, 6.07) is 4.18. The van der Waals surface area contributed by atoms with E-state index in [4.69, 9.17) is 4.74 Å². The lowest BCUT2D eigenvalue weighted by atomic mass is 9.78. The lowest BCUT2D eigenvalue weighted by Gasteiger charge is -2.27. The summed E-state index contributed by atoms with van der Waals surface area (Å²) in [5.41, 5.74) is -0.930. The Labute approximate surface area is 129 Å². The maximum Gasteiger partial charge on any atom is 0.416 e. The molecule has 2 aliphatic rings. The molecule has 3 rings (SSSR count). The van der Waals surface area contributed by atoms with Gasteiger partial charge < -0.3 is 20.0 Å². The Morgan fingerprint density at radius 1 is 1.17 bits per heavy atom. The zero-order chi connectivity index (χ0) is 16.8. The number of carboxylic acids is 1. The fourth-order valence-corrected chi connectivity index (χ4v) is 3.31. The van der Waals surface area contributed by atoms with Crippen LogP contribution in [-0.4, -0.2) is 24.1 Å². The highest BCUT2D eigenvalue weighted by molar-refractivity contribution is 5.96. The molecule has 2 fully saturated rings. The first kappa shape index (κ1) is 15.8. The number of amides is 1. The number of aliphatic carboxylic acids is 1. The van der Waals surface area contributed by atoms with Crippen LogP contribution in [0.4, 0.5) is 18.9 Å². The molecule has 2 bridgehead atoms. The minimum Gasteiger partial charge on any atom is -0.550 e. The van der Waals surface area contributed by atoms with E-state index < -0.39 is 47.7 Å². The summed E-state index contributed by atoms with van der Waals surface area (Å²) in [6.45, 7) is 0. The molecular formula is C15H13F3NO4-. The van der Waals surface area contributed by atoms with Crippen LogP contribution in [0, 0.1) is 11.8 Å². The molecule has 0 saturated carbocycles. The van der Waals surface area contributed by atoms with E-state index in [1.807, 2.05) is 0 Å². The number of carbonyl (C=O) groups is 2. The number of benzene rings is 1. The molecule has 5 nitrogen and oxygen atoms in total. The molecule has 2 saturated heterocycles. The number of fused-ring (bicyclic) bond motifs is 2. The molecule has 0 radical (unpaired) electrons. The van der Waals surface area contributed by atoms with E-state index in [0.29, 0.717) is 12.8 Å². The van der Waals surface area contributed by atoms with Gasteiger partial charge in [0.15, 0.2) is 0 Å². The lowest BCUT2D eigenvalue weighted by molar-refractivity contribution is -0.313. The highest BCUT2D eigenvalue weighted by Gasteiger charge is 2.52. The maximum absolute atomic E-state index is 12.7. The third kappa shape index (κ3) is 2.90. The molecule has 8 heteroatoms. The molecule has 124 valence electrons. The molecule has 4 atom stereocenters. The van der Waals surface area contributed by atoms with Crippen LogP contribution < -0.4 is 10.4 Å². The fraction of sp³-hybridized carbons (Fsp3) is 0.467. The number of hydrogen-bond donors (Lipinski definition) is 1. The highest BCUT2D eigenvalue weighted by Crippen LogP contribution is 2.43. The second-order valence-corrected chi connectivity index (χ2v) is 5.73. The zero-order valence-corrected chi connectivity index (χ0v) is 11.8. The Balaban J connectivity index is 1.78. The predicted octanol–water partition coefficient (Wildman–Crippen LogP) is 1.19. The van der Waals surface area contributed by atoms with Gasteiger partial charge in [-0.25, -0.2) is 0 Å². The molecule has 1 aromatic rings. The van der Waals surface area contributed by atoms with Gasteiger partial charge in [-0.1, -0.05) is 6.07 Å². The van der Waals surface area contributed by atoms with E-state index in [1.54, 1.807) is 0 Å². The Bertz CT molecular complexity index is 646. The molecule has 0 spiro atoms. The Morgan fingerprint density at radius 3 is 2.43 bits per heavy atom. The minimum absolute atomic E-state index is 0.0373. The summed E-state index contributed by atoms with van der Waals surface area (Å²) in [4.78, 5) is 23.5. The molecule has 1 amide bonds. The van der Waals surface area contributed by atoms with Gasteiger partial charge in [-0.05, 0) is 31.0 Å². The number of rotatable bonds is 3. The largest absolute Gasteiger partial charge is 0.550 e. The molecule has 0 aromatic heterocycles. The van der Waals surface area contributed by atoms with Crippen molar-refractivity contribution in [3.8, 4) is 0 Å². The molecule has 23 heavy (non-hydrogen) atoms. The molecule has 0 unspecified atom stereocenters. The Morgan fingerprint density at radius 2 is 1.83 bits per heavy atom. The Hall–Kier alpha value is -2.09. The van der Waals surface area contributed by atoms with Crippen LogP contribution in [-0.2, 0) is 20.5 Å². The van der Waals surface area contributed by atoms with Crippen molar-refractivity contribution in [2.75, 3.05) is 5.32 Å². The number of ether oxygens (including phenoxy) is 1. The van der Waals surface area contributed by atoms with E-state index in [0.717, 1.165) is 12.1 Å². The van der Waals surface area contributed by atoms with Crippen LogP contribution in [0.15, 0.2) is 24.3 Å². The minimum atomic E-state index is -4.52. The number of anilines is 1. The van der Waals surface area contributed by atoms with Gasteiger partial charge >= 0.3 is 6.18 Å². The van der Waals surface area contributed by atoms with Crippen molar-refractivity contribution in [3.05, 3.63) is 29.8 Å². The van der Waals surface area contributed by atoms with Crippen LogP contribution in [0.25, 0.3) is 0 Å². The van der Waals surface area contributed by atoms with Crippen molar-refractivity contribution in [2.24, 2.45) is 11.8 Å². The molecular weight excluding hydrogens is 315 g/mol. The average molecular weight is 328 g/mol. The van der Waals surface area contributed by atoms with Crippen LogP contribution >= 0.6 is 0 Å². The third-order valence-corrected chi connectivity index (χ3v) is 4.31. The SMILES string of the molecule is O=C(Nc1cccc(C(F)(F)F)c1)[C@@H]1[C@@H](C(=O)[O-])[C@H]2CC[C@@H]1O2. The van der Waals surface area contributed by atoms with Crippen molar-refractivity contribution in [1.82, 2.24) is 0 Å². The topological polar surface area (TPSA) is 78.5 Å². The van der Waals surface area contributed by atoms with E-state index in [-0.39, 0.29) is 5.69 Å². The number of halogens is 3. The number of carboxylic acid groups (broad SMARTS) is 1. The molecule has 0 aliphatic carbocycles. The van der Waals surface area contributed by atoms with E-state index >= 15 is 0 Å². The number of alkyl halides is 3. The van der Waals surface area contributed by atoms with Gasteiger partial charge in [-0.2, -0.15) is 13.2 Å². The van der Waals surface area contributed by atoms with Crippen molar-refractivity contribution in [2.45, 2.75) is 31.2 Å². The van der Waals surface area contributed by atoms with Gasteiger partial charge in [0.05, 0.1) is 23.7 Å². The smallest absolute Gasteiger partial charge is 0.416 e. The van der Waals surface area contributed by atoms with E-state index in [9.17, 15) is 27.9 Å². The van der Waals surface area contributed by atoms with Crippen molar-refractivity contribution in [3.63, 3.8) is 0 Å². The number of nitrogens with one attached hydrogen (secondary N) is 1. The van der Waals surface area contributed by atoms with Gasteiger partial charge in [0.25, 0.3) is 0 Å². The first-order valence-electron chi connectivity index (χ1n) is 7.12. The van der Waals surface area contributed by atoms with Crippen molar-refractivity contribution < 1.29 is 32.6 Å². The third-order valence-electron chi connectivity index (χ3n) is 4.31. The highest BCUT2D eigenvalue weighted by atomic mass is 19.4. The molecule has 2 aliphatic heterocycles. The van der Waals surface area contributed by atoms with Gasteiger partial charge in [-0.15, -0.1) is 0 Å². The number of hydrogen-bond acceptors (Lipinski definition) is 4. The maximum atomic E-state index is 12.7. The first-order chi connectivity index (χ1) is 10.8. The number of carbonyl (C=O) groups excluding carboxylic acids is 2. The molecule has 1 aromatic carbocycles. The van der Waals surface area contributed by atoms with Crippen molar-refractivity contribution >= 4 is 17.6 Å². The quantitative estimate of drug-likeness (QED) is 0.904. The summed E-state index contributed by atoms with van der Waals surface area (Å²) in [6.07, 6.45) is -4.54. The van der Waals surface area contributed by atoms with E-state index in [1.165, 1.54) is 12.1 Å². The van der Waals surface area contributed by atoms with Crippen LogP contribution in [0.3, 0.4) is 0 Å².